The van der Waals surface area contributed by atoms with E-state index >= 15 is 0 Å². The van der Waals surface area contributed by atoms with Crippen LogP contribution >= 0.6 is 11.6 Å². The number of nitrogens with one attached hydrogen (secondary N) is 1. The number of methoxy groups -OCH3 is 1. The van der Waals surface area contributed by atoms with Crippen LogP contribution in [0.25, 0.3) is 0 Å². The van der Waals surface area contributed by atoms with Crippen LogP contribution < -0.4 is 10.2 Å². The van der Waals surface area contributed by atoms with E-state index in [9.17, 15) is 17.6 Å². The van der Waals surface area contributed by atoms with Gasteiger partial charge in [-0.2, -0.15) is 9.41 Å². The van der Waals surface area contributed by atoms with Crippen molar-refractivity contribution in [3.63, 3.8) is 0 Å². The number of benzene rings is 3. The predicted molar refractivity (Wildman–Crippen MR) is 129 cm³/mol. The highest BCUT2D eigenvalue weighted by Crippen LogP contribution is 2.24. The lowest BCUT2D eigenvalue weighted by Gasteiger charge is -2.22. The number of hydrazone groups is 1. The number of hydrogen-bond acceptors (Lipinski definition) is 5. The summed E-state index contributed by atoms with van der Waals surface area (Å²) >= 11 is 6.11. The number of amides is 1. The molecule has 34 heavy (non-hydrogen) atoms. The Bertz CT molecular complexity index is 1260. The fraction of sp³-hybridized carbons (Fsp3) is 0.167. The highest BCUT2D eigenvalue weighted by Gasteiger charge is 2.28. The summed E-state index contributed by atoms with van der Waals surface area (Å²) in [5.74, 6) is -0.701. The van der Waals surface area contributed by atoms with Crippen LogP contribution in [0.2, 0.25) is 5.02 Å². The van der Waals surface area contributed by atoms with E-state index in [2.05, 4.69) is 10.5 Å². The highest BCUT2D eigenvalue weighted by molar-refractivity contribution is 7.89. The van der Waals surface area contributed by atoms with Crippen LogP contribution in [0.4, 0.5) is 4.39 Å². The molecule has 0 aliphatic carbocycles. The van der Waals surface area contributed by atoms with Crippen LogP contribution in [0.5, 0.6) is 5.75 Å². The molecule has 0 radical (unpaired) electrons. The lowest BCUT2D eigenvalue weighted by Crippen LogP contribution is -2.39. The molecule has 0 unspecified atom stereocenters. The molecule has 0 heterocycles. The molecular weight excluding hydrogens is 481 g/mol. The van der Waals surface area contributed by atoms with E-state index in [0.29, 0.717) is 11.3 Å². The fourth-order valence-corrected chi connectivity index (χ4v) is 4.60. The van der Waals surface area contributed by atoms with Crippen LogP contribution in [0.3, 0.4) is 0 Å². The smallest absolute Gasteiger partial charge is 0.255 e. The summed E-state index contributed by atoms with van der Waals surface area (Å²) in [5, 5.41) is 3.93. The molecule has 0 aliphatic rings. The van der Waals surface area contributed by atoms with Gasteiger partial charge in [-0.1, -0.05) is 35.4 Å². The van der Waals surface area contributed by atoms with E-state index in [-0.39, 0.29) is 15.5 Å². The summed E-state index contributed by atoms with van der Waals surface area (Å²) in [4.78, 5) is 12.5. The molecule has 0 saturated heterocycles. The summed E-state index contributed by atoms with van der Waals surface area (Å²) in [6.45, 7) is 0.791. The summed E-state index contributed by atoms with van der Waals surface area (Å²) in [5.41, 5.74) is 3.84. The topological polar surface area (TPSA) is 88.1 Å². The zero-order chi connectivity index (χ0) is 24.7. The van der Waals surface area contributed by atoms with Crippen LogP contribution in [-0.2, 0) is 21.4 Å². The maximum Gasteiger partial charge on any atom is 0.255 e. The van der Waals surface area contributed by atoms with E-state index in [1.165, 1.54) is 36.5 Å². The second-order valence-electron chi connectivity index (χ2n) is 7.35. The van der Waals surface area contributed by atoms with E-state index in [0.717, 1.165) is 9.87 Å². The number of carbonyl (C=O) groups is 1. The molecule has 0 fully saturated rings. The molecule has 0 aliphatic heterocycles. The van der Waals surface area contributed by atoms with Crippen molar-refractivity contribution in [3.8, 4) is 5.75 Å². The number of aryl methyl sites for hydroxylation is 1. The van der Waals surface area contributed by atoms with Crippen LogP contribution in [0.15, 0.2) is 76.7 Å². The molecular formula is C24H23ClFN3O4S. The SMILES string of the molecule is COc1ccc(/C=N\NC(=O)CN(Cc2c(F)cccc2Cl)S(=O)(=O)c2ccc(C)cc2)cc1. The van der Waals surface area contributed by atoms with Gasteiger partial charge in [-0.25, -0.2) is 18.2 Å². The van der Waals surface area contributed by atoms with Gasteiger partial charge in [0.25, 0.3) is 5.91 Å². The third-order valence-electron chi connectivity index (χ3n) is 4.89. The minimum atomic E-state index is -4.15. The van der Waals surface area contributed by atoms with E-state index in [1.54, 1.807) is 43.5 Å². The molecule has 0 bridgehead atoms. The molecule has 1 N–H and O–H groups in total. The summed E-state index contributed by atoms with van der Waals surface area (Å²) in [7, 11) is -2.60. The zero-order valence-corrected chi connectivity index (χ0v) is 20.1. The van der Waals surface area contributed by atoms with Gasteiger partial charge < -0.3 is 4.74 Å². The first kappa shape index (κ1) is 25.4. The Hall–Kier alpha value is -3.27. The molecule has 3 aromatic rings. The van der Waals surface area contributed by atoms with Crippen molar-refractivity contribution < 1.29 is 22.3 Å². The minimum absolute atomic E-state index is 0.0277. The second-order valence-corrected chi connectivity index (χ2v) is 9.70. The molecule has 10 heteroatoms. The van der Waals surface area contributed by atoms with Gasteiger partial charge in [0.05, 0.1) is 24.8 Å². The molecule has 0 atom stereocenters. The van der Waals surface area contributed by atoms with Gasteiger partial charge in [0.15, 0.2) is 0 Å². The van der Waals surface area contributed by atoms with Crippen molar-refractivity contribution in [2.45, 2.75) is 18.4 Å². The number of carbonyl (C=O) groups excluding carboxylic acids is 1. The zero-order valence-electron chi connectivity index (χ0n) is 18.5. The number of nitrogens with zero attached hydrogens (tertiary/aromatic N) is 2. The molecule has 0 aromatic heterocycles. The quantitative estimate of drug-likeness (QED) is 0.351. The van der Waals surface area contributed by atoms with Gasteiger partial charge in [-0.15, -0.1) is 0 Å². The molecule has 7 nitrogen and oxygen atoms in total. The van der Waals surface area contributed by atoms with Crippen LogP contribution in [0, 0.1) is 12.7 Å². The number of ether oxygens (including phenoxy) is 1. The first-order chi connectivity index (χ1) is 16.2. The van der Waals surface area contributed by atoms with E-state index in [4.69, 9.17) is 16.3 Å². The number of hydrogen-bond donors (Lipinski definition) is 1. The lowest BCUT2D eigenvalue weighted by molar-refractivity contribution is -0.121. The van der Waals surface area contributed by atoms with Crippen molar-refractivity contribution in [3.05, 3.63) is 94.3 Å². The van der Waals surface area contributed by atoms with Crippen molar-refractivity contribution in [2.24, 2.45) is 5.10 Å². The number of halogens is 2. The summed E-state index contributed by atoms with van der Waals surface area (Å²) in [6, 6.07) is 17.1. The maximum atomic E-state index is 14.4. The van der Waals surface area contributed by atoms with Gasteiger partial charge in [0.2, 0.25) is 10.0 Å². The highest BCUT2D eigenvalue weighted by atomic mass is 35.5. The molecule has 3 rings (SSSR count). The summed E-state index contributed by atoms with van der Waals surface area (Å²) < 4.78 is 46.9. The van der Waals surface area contributed by atoms with Crippen molar-refractivity contribution in [1.29, 1.82) is 0 Å². The van der Waals surface area contributed by atoms with Gasteiger partial charge in [-0.3, -0.25) is 4.79 Å². The van der Waals surface area contributed by atoms with Crippen molar-refractivity contribution in [1.82, 2.24) is 9.73 Å². The standard InChI is InChI=1S/C24H23ClFN3O4S/c1-17-6-12-20(13-7-17)34(31,32)29(15-21-22(25)4-3-5-23(21)26)16-24(30)28-27-14-18-8-10-19(33-2)11-9-18/h3-14H,15-16H2,1-2H3,(H,28,30)/b27-14-. The van der Waals surface area contributed by atoms with Gasteiger partial charge >= 0.3 is 0 Å². The lowest BCUT2D eigenvalue weighted by atomic mass is 10.2. The molecule has 3 aromatic carbocycles. The van der Waals surface area contributed by atoms with Crippen molar-refractivity contribution in [2.75, 3.05) is 13.7 Å². The van der Waals surface area contributed by atoms with Crippen LogP contribution in [0.1, 0.15) is 16.7 Å². The average Bonchev–Trinajstić information content (AvgIpc) is 2.81. The van der Waals surface area contributed by atoms with E-state index in [1.807, 2.05) is 6.92 Å². The maximum absolute atomic E-state index is 14.4. The van der Waals surface area contributed by atoms with Gasteiger partial charge in [0.1, 0.15) is 11.6 Å². The first-order valence-corrected chi connectivity index (χ1v) is 12.0. The average molecular weight is 504 g/mol. The van der Waals surface area contributed by atoms with E-state index < -0.39 is 34.8 Å². The summed E-state index contributed by atoms with van der Waals surface area (Å²) in [6.07, 6.45) is 1.41. The fourth-order valence-electron chi connectivity index (χ4n) is 3.01. The molecule has 0 saturated carbocycles. The van der Waals surface area contributed by atoms with Gasteiger partial charge in [-0.05, 0) is 61.0 Å². The Labute approximate surface area is 202 Å². The number of sulfonamides is 1. The molecule has 1 amide bonds. The Morgan fingerprint density at radius 3 is 2.41 bits per heavy atom. The van der Waals surface area contributed by atoms with Gasteiger partial charge in [0, 0.05) is 17.1 Å². The predicted octanol–water partition coefficient (Wildman–Crippen LogP) is 4.14. The Morgan fingerprint density at radius 1 is 1.12 bits per heavy atom. The molecule has 0 spiro atoms. The third-order valence-corrected chi connectivity index (χ3v) is 7.05. The van der Waals surface area contributed by atoms with Crippen molar-refractivity contribution >= 4 is 33.7 Å². The largest absolute Gasteiger partial charge is 0.497 e. The number of rotatable bonds is 9. The second kappa shape index (κ2) is 11.2. The minimum Gasteiger partial charge on any atom is -0.497 e. The first-order valence-electron chi connectivity index (χ1n) is 10.2. The third kappa shape index (κ3) is 6.40. The molecule has 178 valence electrons. The Kier molecular flexibility index (Phi) is 8.38. The monoisotopic (exact) mass is 503 g/mol. The van der Waals surface area contributed by atoms with Crippen LogP contribution in [-0.4, -0.2) is 38.5 Å². The Balaban J connectivity index is 1.81. The normalized spacial score (nSPS) is 11.7. The Morgan fingerprint density at radius 2 is 1.79 bits per heavy atom.